The van der Waals surface area contributed by atoms with Crippen molar-refractivity contribution in [2.24, 2.45) is 10.9 Å². The van der Waals surface area contributed by atoms with E-state index >= 15 is 0 Å². The molecule has 6 heteroatoms. The molecule has 0 unspecified atom stereocenters. The molecule has 0 atom stereocenters. The van der Waals surface area contributed by atoms with E-state index in [1.165, 1.54) is 12.1 Å². The molecule has 0 aliphatic carbocycles. The van der Waals surface area contributed by atoms with Gasteiger partial charge in [-0.05, 0) is 41.8 Å². The number of primary amides is 1. The highest BCUT2D eigenvalue weighted by molar-refractivity contribution is 7.97. The van der Waals surface area contributed by atoms with Crippen LogP contribution in [0.1, 0.15) is 5.56 Å². The van der Waals surface area contributed by atoms with Crippen molar-refractivity contribution in [1.29, 1.82) is 0 Å². The maximum absolute atomic E-state index is 12.2. The molecule has 1 amide bonds. The van der Waals surface area contributed by atoms with Gasteiger partial charge in [-0.1, -0.05) is 30.3 Å². The summed E-state index contributed by atoms with van der Waals surface area (Å²) in [5.41, 5.74) is 5.72. The lowest BCUT2D eigenvalue weighted by Gasteiger charge is -1.99. The molecule has 0 heterocycles. The van der Waals surface area contributed by atoms with Gasteiger partial charge in [0.05, 0.1) is 0 Å². The first-order valence-electron chi connectivity index (χ1n) is 5.70. The average molecular weight is 294 g/mol. The summed E-state index contributed by atoms with van der Waals surface area (Å²) in [6.07, 6.45) is -0.742. The number of amides is 1. The number of carbonyl (C=O) groups is 1. The second kappa shape index (κ2) is 8.95. The zero-order valence-electron chi connectivity index (χ0n) is 10.7. The maximum Gasteiger partial charge on any atom is 0.404 e. The lowest BCUT2D eigenvalue weighted by atomic mass is 10.2. The van der Waals surface area contributed by atoms with Crippen molar-refractivity contribution >= 4 is 18.0 Å². The highest BCUT2D eigenvalue weighted by atomic mass is 32.2. The largest absolute Gasteiger partial charge is 0.445 e. The second-order valence-corrected chi connectivity index (χ2v) is 4.37. The van der Waals surface area contributed by atoms with Crippen molar-refractivity contribution in [1.82, 2.24) is 0 Å². The van der Waals surface area contributed by atoms with E-state index in [0.717, 1.165) is 22.4 Å². The van der Waals surface area contributed by atoms with Gasteiger partial charge in [0.1, 0.15) is 12.4 Å². The van der Waals surface area contributed by atoms with Gasteiger partial charge in [0, 0.05) is 4.90 Å². The normalized spacial score (nSPS) is 9.30. The summed E-state index contributed by atoms with van der Waals surface area (Å²) in [7, 11) is 0. The highest BCUT2D eigenvalue weighted by Gasteiger charge is 1.93. The van der Waals surface area contributed by atoms with Crippen LogP contribution in [-0.2, 0) is 11.3 Å². The Labute approximate surface area is 121 Å². The lowest BCUT2D eigenvalue weighted by molar-refractivity contribution is 0.150. The molecule has 0 fully saturated rings. The van der Waals surface area contributed by atoms with Crippen molar-refractivity contribution in [3.8, 4) is 0 Å². The van der Waals surface area contributed by atoms with Gasteiger partial charge in [-0.15, -0.1) is 0 Å². The zero-order chi connectivity index (χ0) is 14.8. The lowest BCUT2D eigenvalue weighted by Crippen LogP contribution is -2.12. The van der Waals surface area contributed by atoms with Crippen molar-refractivity contribution in [2.45, 2.75) is 11.5 Å². The fourth-order valence-corrected chi connectivity index (χ4v) is 1.54. The van der Waals surface area contributed by atoms with Crippen LogP contribution < -0.4 is 10.9 Å². The van der Waals surface area contributed by atoms with Crippen LogP contribution in [0.4, 0.5) is 9.18 Å². The van der Waals surface area contributed by atoms with Gasteiger partial charge in [0.25, 0.3) is 0 Å². The average Bonchev–Trinajstić information content (AvgIpc) is 2.48. The van der Waals surface area contributed by atoms with Crippen LogP contribution in [0.5, 0.6) is 0 Å². The number of hydrogen-bond acceptors (Lipinski definition) is 4. The topological polar surface area (TPSA) is 78.3 Å². The predicted molar refractivity (Wildman–Crippen MR) is 77.3 cm³/mol. The monoisotopic (exact) mass is 294 g/mol. The van der Waals surface area contributed by atoms with Crippen LogP contribution in [0, 0.1) is 5.82 Å². The van der Waals surface area contributed by atoms with Crippen LogP contribution in [0.3, 0.4) is 0 Å². The maximum atomic E-state index is 12.2. The van der Waals surface area contributed by atoms with Gasteiger partial charge in [-0.2, -0.15) is 0 Å². The molecule has 0 aromatic heterocycles. The Bertz CT molecular complexity index is 520. The molecule has 4 N–H and O–H groups in total. The molecule has 106 valence electrons. The van der Waals surface area contributed by atoms with E-state index in [2.05, 4.69) is 4.74 Å². The third-order valence-electron chi connectivity index (χ3n) is 2.17. The van der Waals surface area contributed by atoms with Gasteiger partial charge >= 0.3 is 6.09 Å². The summed E-state index contributed by atoms with van der Waals surface area (Å²) in [5.74, 6) is -0.229. The molecule has 0 saturated heterocycles. The van der Waals surface area contributed by atoms with Gasteiger partial charge in [-0.3, -0.25) is 5.14 Å². The Hall–Kier alpha value is -2.05. The van der Waals surface area contributed by atoms with Crippen molar-refractivity contribution in [3.63, 3.8) is 0 Å². The van der Waals surface area contributed by atoms with E-state index < -0.39 is 6.09 Å². The standard InChI is InChI=1S/C8H9NO2.C6H6FNS/c9-8(10)11-6-7-4-2-1-3-5-7;7-5-1-3-6(9-8)4-2-5/h1-5H,6H2,(H2,9,10);1-4H,8H2. The van der Waals surface area contributed by atoms with E-state index in [-0.39, 0.29) is 12.4 Å². The van der Waals surface area contributed by atoms with Crippen LogP contribution >= 0.6 is 11.9 Å². The number of nitrogens with two attached hydrogens (primary N) is 2. The number of benzene rings is 2. The smallest absolute Gasteiger partial charge is 0.404 e. The highest BCUT2D eigenvalue weighted by Crippen LogP contribution is 2.10. The molecule has 2 aromatic carbocycles. The zero-order valence-corrected chi connectivity index (χ0v) is 11.5. The molecule has 0 aliphatic heterocycles. The second-order valence-electron chi connectivity index (χ2n) is 3.67. The third kappa shape index (κ3) is 6.77. The predicted octanol–water partition coefficient (Wildman–Crippen LogP) is 3.07. The first-order chi connectivity index (χ1) is 9.61. The van der Waals surface area contributed by atoms with E-state index in [0.29, 0.717) is 0 Å². The van der Waals surface area contributed by atoms with Crippen LogP contribution in [0.25, 0.3) is 0 Å². The summed E-state index contributed by atoms with van der Waals surface area (Å²) in [6.45, 7) is 0.246. The molecule has 0 bridgehead atoms. The molecule has 0 radical (unpaired) electrons. The Morgan fingerprint density at radius 3 is 2.20 bits per heavy atom. The molecular formula is C14H15FN2O2S. The fourth-order valence-electron chi connectivity index (χ4n) is 1.24. The fraction of sp³-hybridized carbons (Fsp3) is 0.0714. The van der Waals surface area contributed by atoms with Crippen molar-refractivity contribution < 1.29 is 13.9 Å². The number of halogens is 1. The molecule has 0 saturated carbocycles. The Balaban J connectivity index is 0.000000204. The summed E-state index contributed by atoms with van der Waals surface area (Å²) < 4.78 is 16.7. The Morgan fingerprint density at radius 1 is 1.10 bits per heavy atom. The number of carbonyl (C=O) groups excluding carboxylic acids is 1. The summed E-state index contributed by atoms with van der Waals surface area (Å²) in [4.78, 5) is 11.0. The van der Waals surface area contributed by atoms with Gasteiger partial charge in [0.2, 0.25) is 0 Å². The van der Waals surface area contributed by atoms with E-state index in [1.807, 2.05) is 30.3 Å². The van der Waals surface area contributed by atoms with Crippen molar-refractivity contribution in [3.05, 3.63) is 66.0 Å². The molecule has 0 spiro atoms. The minimum Gasteiger partial charge on any atom is -0.445 e. The minimum atomic E-state index is -0.742. The van der Waals surface area contributed by atoms with Crippen LogP contribution in [0.2, 0.25) is 0 Å². The SMILES string of the molecule is NC(=O)OCc1ccccc1.NSc1ccc(F)cc1. The molecule has 2 aromatic rings. The van der Waals surface area contributed by atoms with Crippen LogP contribution in [0.15, 0.2) is 59.5 Å². The number of rotatable bonds is 3. The van der Waals surface area contributed by atoms with Crippen molar-refractivity contribution in [2.75, 3.05) is 0 Å². The van der Waals surface area contributed by atoms with Gasteiger partial charge in [-0.25, -0.2) is 9.18 Å². The number of ether oxygens (including phenoxy) is 1. The summed E-state index contributed by atoms with van der Waals surface area (Å²) in [5, 5.41) is 5.19. The summed E-state index contributed by atoms with van der Waals surface area (Å²) >= 11 is 1.11. The molecule has 0 aliphatic rings. The van der Waals surface area contributed by atoms with E-state index in [1.54, 1.807) is 12.1 Å². The third-order valence-corrected chi connectivity index (χ3v) is 2.72. The van der Waals surface area contributed by atoms with E-state index in [4.69, 9.17) is 10.9 Å². The quantitative estimate of drug-likeness (QED) is 0.853. The Kier molecular flexibility index (Phi) is 7.16. The Morgan fingerprint density at radius 2 is 1.70 bits per heavy atom. The van der Waals surface area contributed by atoms with E-state index in [9.17, 15) is 9.18 Å². The van der Waals surface area contributed by atoms with Crippen LogP contribution in [-0.4, -0.2) is 6.09 Å². The molecular weight excluding hydrogens is 279 g/mol. The molecule has 2 rings (SSSR count). The van der Waals surface area contributed by atoms with Gasteiger partial charge < -0.3 is 10.5 Å². The molecule has 4 nitrogen and oxygen atoms in total. The molecule has 20 heavy (non-hydrogen) atoms. The first-order valence-corrected chi connectivity index (χ1v) is 6.58. The summed E-state index contributed by atoms with van der Waals surface area (Å²) in [6, 6.07) is 15.4. The first kappa shape index (κ1) is 16.0. The minimum absolute atomic E-state index is 0.229. The number of hydrogen-bond donors (Lipinski definition) is 2. The van der Waals surface area contributed by atoms with Gasteiger partial charge in [0.15, 0.2) is 0 Å².